The van der Waals surface area contributed by atoms with Crippen LogP contribution in [0.4, 0.5) is 0 Å². The largest absolute Gasteiger partial charge is 0.351 e. The third kappa shape index (κ3) is 4.15. The lowest BCUT2D eigenvalue weighted by Gasteiger charge is -2.34. The van der Waals surface area contributed by atoms with E-state index in [1.807, 2.05) is 0 Å². The van der Waals surface area contributed by atoms with Crippen molar-refractivity contribution in [3.63, 3.8) is 0 Å². The van der Waals surface area contributed by atoms with Crippen LogP contribution in [-0.4, -0.2) is 62.4 Å². The summed E-state index contributed by atoms with van der Waals surface area (Å²) in [6, 6.07) is 0.0151. The predicted octanol–water partition coefficient (Wildman–Crippen LogP) is -1.04. The number of hydrogen-bond donors (Lipinski definition) is 2. The van der Waals surface area contributed by atoms with E-state index in [-0.39, 0.29) is 29.5 Å². The third-order valence-corrected chi connectivity index (χ3v) is 5.79. The molecule has 0 radical (unpaired) electrons. The molecule has 2 aliphatic rings. The van der Waals surface area contributed by atoms with Crippen molar-refractivity contribution in [2.75, 3.05) is 31.1 Å². The monoisotopic (exact) mass is 289 g/mol. The fraction of sp³-hybridized carbons (Fsp3) is 0.917. The summed E-state index contributed by atoms with van der Waals surface area (Å²) in [5, 5.41) is 2.82. The van der Waals surface area contributed by atoms with Crippen LogP contribution in [0.1, 0.15) is 19.8 Å². The maximum Gasteiger partial charge on any atom is 0.234 e. The first kappa shape index (κ1) is 14.7. The maximum absolute atomic E-state index is 11.9. The Balaban J connectivity index is 1.76. The molecule has 2 heterocycles. The second kappa shape index (κ2) is 5.76. The number of likely N-dealkylation sites (tertiary alicyclic amines) is 1. The van der Waals surface area contributed by atoms with Gasteiger partial charge in [0, 0.05) is 25.2 Å². The molecule has 3 unspecified atom stereocenters. The molecule has 2 fully saturated rings. The van der Waals surface area contributed by atoms with Gasteiger partial charge < -0.3 is 11.1 Å². The molecule has 0 spiro atoms. The molecule has 2 rings (SSSR count). The maximum atomic E-state index is 11.9. The van der Waals surface area contributed by atoms with Gasteiger partial charge in [0.15, 0.2) is 9.84 Å². The lowest BCUT2D eigenvalue weighted by Crippen LogP contribution is -2.50. The molecule has 2 aliphatic heterocycles. The molecule has 0 bridgehead atoms. The minimum absolute atomic E-state index is 0.0789. The highest BCUT2D eigenvalue weighted by molar-refractivity contribution is 7.91. The first-order chi connectivity index (χ1) is 8.85. The van der Waals surface area contributed by atoms with Gasteiger partial charge in [0.1, 0.15) is 0 Å². The number of carbonyl (C=O) groups is 1. The zero-order valence-electron chi connectivity index (χ0n) is 11.3. The highest BCUT2D eigenvalue weighted by Gasteiger charge is 2.30. The Morgan fingerprint density at radius 1 is 1.42 bits per heavy atom. The average Bonchev–Trinajstić information content (AvgIpc) is 2.63. The molecule has 19 heavy (non-hydrogen) atoms. The molecule has 7 heteroatoms. The number of carbonyl (C=O) groups excluding carboxylic acids is 1. The van der Waals surface area contributed by atoms with Crippen LogP contribution in [0.3, 0.4) is 0 Å². The predicted molar refractivity (Wildman–Crippen MR) is 73.4 cm³/mol. The van der Waals surface area contributed by atoms with Crippen LogP contribution in [0.5, 0.6) is 0 Å². The molecule has 0 aromatic carbocycles. The Hall–Kier alpha value is -0.660. The fourth-order valence-electron chi connectivity index (χ4n) is 2.78. The molecule has 3 N–H and O–H groups in total. The summed E-state index contributed by atoms with van der Waals surface area (Å²) in [7, 11) is -2.94. The highest BCUT2D eigenvalue weighted by atomic mass is 32.2. The highest BCUT2D eigenvalue weighted by Crippen LogP contribution is 2.15. The molecule has 110 valence electrons. The van der Waals surface area contributed by atoms with Gasteiger partial charge in [-0.25, -0.2) is 8.42 Å². The number of rotatable bonds is 3. The van der Waals surface area contributed by atoms with E-state index in [2.05, 4.69) is 17.1 Å². The number of sulfone groups is 1. The van der Waals surface area contributed by atoms with Crippen LogP contribution < -0.4 is 11.1 Å². The van der Waals surface area contributed by atoms with Crippen LogP contribution in [0, 0.1) is 5.92 Å². The van der Waals surface area contributed by atoms with E-state index in [1.165, 1.54) is 0 Å². The Bertz CT molecular complexity index is 438. The van der Waals surface area contributed by atoms with Gasteiger partial charge in [-0.05, 0) is 18.8 Å². The van der Waals surface area contributed by atoms with Crippen molar-refractivity contribution in [3.05, 3.63) is 0 Å². The molecular weight excluding hydrogens is 266 g/mol. The van der Waals surface area contributed by atoms with Crippen LogP contribution >= 0.6 is 0 Å². The Kier molecular flexibility index (Phi) is 4.47. The van der Waals surface area contributed by atoms with E-state index in [1.54, 1.807) is 0 Å². The normalized spacial score (nSPS) is 35.2. The van der Waals surface area contributed by atoms with Crippen molar-refractivity contribution in [1.82, 2.24) is 10.2 Å². The first-order valence-electron chi connectivity index (χ1n) is 6.83. The molecule has 0 aromatic rings. The smallest absolute Gasteiger partial charge is 0.234 e. The summed E-state index contributed by atoms with van der Waals surface area (Å²) in [6.07, 6.45) is 1.45. The Labute approximate surface area is 114 Å². The zero-order valence-corrected chi connectivity index (χ0v) is 12.2. The van der Waals surface area contributed by atoms with Crippen molar-refractivity contribution in [1.29, 1.82) is 0 Å². The van der Waals surface area contributed by atoms with Crippen molar-refractivity contribution in [2.24, 2.45) is 11.7 Å². The summed E-state index contributed by atoms with van der Waals surface area (Å²) >= 11 is 0. The number of nitrogens with two attached hydrogens (primary N) is 1. The third-order valence-electron chi connectivity index (χ3n) is 4.02. The number of hydrogen-bond acceptors (Lipinski definition) is 5. The molecule has 2 saturated heterocycles. The summed E-state index contributed by atoms with van der Waals surface area (Å²) in [5.74, 6) is 0.589. The lowest BCUT2D eigenvalue weighted by atomic mass is 9.95. The van der Waals surface area contributed by atoms with E-state index >= 15 is 0 Å². The van der Waals surface area contributed by atoms with Crippen molar-refractivity contribution in [3.8, 4) is 0 Å². The average molecular weight is 289 g/mol. The van der Waals surface area contributed by atoms with Gasteiger partial charge in [-0.1, -0.05) is 6.92 Å². The first-order valence-corrected chi connectivity index (χ1v) is 8.65. The van der Waals surface area contributed by atoms with E-state index < -0.39 is 9.84 Å². The number of amides is 1. The Morgan fingerprint density at radius 3 is 2.74 bits per heavy atom. The number of nitrogens with zero attached hydrogens (tertiary/aromatic N) is 1. The van der Waals surface area contributed by atoms with Crippen LogP contribution in [0.15, 0.2) is 0 Å². The van der Waals surface area contributed by atoms with Crippen molar-refractivity contribution in [2.45, 2.75) is 31.8 Å². The lowest BCUT2D eigenvalue weighted by molar-refractivity contribution is -0.123. The van der Waals surface area contributed by atoms with Gasteiger partial charge >= 0.3 is 0 Å². The van der Waals surface area contributed by atoms with Gasteiger partial charge in [-0.15, -0.1) is 0 Å². The molecule has 0 saturated carbocycles. The van der Waals surface area contributed by atoms with Crippen LogP contribution in [0.25, 0.3) is 0 Å². The standard InChI is InChI=1S/C12H23N3O3S/c1-9-6-15(4-2-11(9)13)7-12(16)14-10-3-5-19(17,18)8-10/h9-11H,2-8,13H2,1H3,(H,14,16). The van der Waals surface area contributed by atoms with Gasteiger partial charge in [0.2, 0.25) is 5.91 Å². The molecule has 0 aromatic heterocycles. The van der Waals surface area contributed by atoms with E-state index in [9.17, 15) is 13.2 Å². The molecular formula is C12H23N3O3S. The van der Waals surface area contributed by atoms with Gasteiger partial charge in [0.05, 0.1) is 18.1 Å². The summed E-state index contributed by atoms with van der Waals surface area (Å²) < 4.78 is 22.6. The quantitative estimate of drug-likeness (QED) is 0.692. The second-order valence-corrected chi connectivity index (χ2v) is 8.06. The second-order valence-electron chi connectivity index (χ2n) is 5.83. The van der Waals surface area contributed by atoms with Crippen LogP contribution in [0.2, 0.25) is 0 Å². The molecule has 1 amide bonds. The van der Waals surface area contributed by atoms with Gasteiger partial charge in [-0.2, -0.15) is 0 Å². The SMILES string of the molecule is CC1CN(CC(=O)NC2CCS(=O)(=O)C2)CCC1N. The summed E-state index contributed by atoms with van der Waals surface area (Å²) in [4.78, 5) is 14.0. The topological polar surface area (TPSA) is 92.5 Å². The molecule has 0 aliphatic carbocycles. The Morgan fingerprint density at radius 2 is 2.16 bits per heavy atom. The minimum Gasteiger partial charge on any atom is -0.351 e. The molecule has 6 nitrogen and oxygen atoms in total. The van der Waals surface area contributed by atoms with E-state index in [0.29, 0.717) is 18.9 Å². The minimum atomic E-state index is -2.94. The number of nitrogens with one attached hydrogen (secondary N) is 1. The van der Waals surface area contributed by atoms with E-state index in [0.717, 1.165) is 19.5 Å². The van der Waals surface area contributed by atoms with Crippen LogP contribution in [-0.2, 0) is 14.6 Å². The summed E-state index contributed by atoms with van der Waals surface area (Å²) in [5.41, 5.74) is 5.94. The van der Waals surface area contributed by atoms with E-state index in [4.69, 9.17) is 5.73 Å². The molecule has 3 atom stereocenters. The van der Waals surface area contributed by atoms with Crippen molar-refractivity contribution >= 4 is 15.7 Å². The van der Waals surface area contributed by atoms with Crippen molar-refractivity contribution < 1.29 is 13.2 Å². The van der Waals surface area contributed by atoms with Gasteiger partial charge in [-0.3, -0.25) is 9.69 Å². The van der Waals surface area contributed by atoms with Gasteiger partial charge in [0.25, 0.3) is 0 Å². The zero-order chi connectivity index (χ0) is 14.0. The number of piperidine rings is 1. The summed E-state index contributed by atoms with van der Waals surface area (Å²) in [6.45, 7) is 4.10. The fourth-order valence-corrected chi connectivity index (χ4v) is 4.45.